The van der Waals surface area contributed by atoms with Crippen molar-refractivity contribution >= 4 is 5.69 Å². The molecule has 1 aromatic carbocycles. The van der Waals surface area contributed by atoms with Crippen LogP contribution in [-0.2, 0) is 7.05 Å². The predicted octanol–water partition coefficient (Wildman–Crippen LogP) is 2.05. The number of aromatic nitrogens is 2. The molecule has 1 aliphatic rings. The van der Waals surface area contributed by atoms with E-state index in [2.05, 4.69) is 0 Å². The van der Waals surface area contributed by atoms with E-state index in [-0.39, 0.29) is 17.3 Å². The number of nitrogen functional groups attached to an aromatic ring is 1. The van der Waals surface area contributed by atoms with Crippen LogP contribution in [0.4, 0.5) is 18.9 Å². The van der Waals surface area contributed by atoms with Crippen LogP contribution in [0.1, 0.15) is 24.5 Å². The summed E-state index contributed by atoms with van der Waals surface area (Å²) in [5, 5.41) is 0. The van der Waals surface area contributed by atoms with E-state index < -0.39 is 23.0 Å². The molecule has 1 saturated carbocycles. The van der Waals surface area contributed by atoms with E-state index in [1.54, 1.807) is 7.05 Å². The van der Waals surface area contributed by atoms with Gasteiger partial charge in [-0.2, -0.15) is 0 Å². The minimum Gasteiger partial charge on any atom is -0.393 e. The molecular weight excluding hydrogens is 271 g/mol. The van der Waals surface area contributed by atoms with Crippen LogP contribution in [0.3, 0.4) is 0 Å². The molecule has 0 unspecified atom stereocenters. The van der Waals surface area contributed by atoms with Crippen LogP contribution in [-0.4, -0.2) is 9.36 Å². The second-order valence-electron chi connectivity index (χ2n) is 4.94. The fourth-order valence-corrected chi connectivity index (χ4v) is 2.44. The molecule has 0 bridgehead atoms. The Hall–Kier alpha value is -2.18. The van der Waals surface area contributed by atoms with Gasteiger partial charge in [-0.05, 0) is 12.8 Å². The Morgan fingerprint density at radius 2 is 1.75 bits per heavy atom. The quantitative estimate of drug-likeness (QED) is 0.858. The third kappa shape index (κ3) is 1.73. The van der Waals surface area contributed by atoms with E-state index in [9.17, 15) is 18.0 Å². The summed E-state index contributed by atoms with van der Waals surface area (Å²) in [5.74, 6) is -4.06. The highest BCUT2D eigenvalue weighted by molar-refractivity contribution is 5.48. The average Bonchev–Trinajstić information content (AvgIpc) is 3.17. The van der Waals surface area contributed by atoms with Crippen molar-refractivity contribution in [2.24, 2.45) is 7.05 Å². The zero-order chi connectivity index (χ0) is 14.6. The molecule has 0 atom stereocenters. The Balaban J connectivity index is 2.25. The number of hydrogen-bond donors (Lipinski definition) is 1. The molecule has 0 saturated heterocycles. The normalized spacial score (nSPS) is 14.8. The van der Waals surface area contributed by atoms with E-state index in [1.165, 1.54) is 4.68 Å². The highest BCUT2D eigenvalue weighted by atomic mass is 19.2. The van der Waals surface area contributed by atoms with Crippen molar-refractivity contribution in [1.82, 2.24) is 9.36 Å². The molecule has 106 valence electrons. The Labute approximate surface area is 112 Å². The van der Waals surface area contributed by atoms with Gasteiger partial charge in [-0.15, -0.1) is 0 Å². The summed E-state index contributed by atoms with van der Waals surface area (Å²) >= 11 is 0. The molecule has 1 heterocycles. The SMILES string of the molecule is Cn1c(C2CC2)c(N)c(=O)n1-c1cc(F)c(F)c(F)c1. The third-order valence-corrected chi connectivity index (χ3v) is 3.52. The number of nitrogens with zero attached hydrogens (tertiary/aromatic N) is 2. The molecule has 0 aliphatic heterocycles. The minimum atomic E-state index is -1.56. The molecule has 4 nitrogen and oxygen atoms in total. The molecule has 1 aromatic heterocycles. The number of rotatable bonds is 2. The minimum absolute atomic E-state index is 0.0696. The van der Waals surface area contributed by atoms with Crippen molar-refractivity contribution in [3.05, 3.63) is 45.6 Å². The lowest BCUT2D eigenvalue weighted by molar-refractivity contribution is 0.444. The molecule has 0 spiro atoms. The lowest BCUT2D eigenvalue weighted by atomic mass is 10.2. The lowest BCUT2D eigenvalue weighted by Crippen LogP contribution is -2.21. The highest BCUT2D eigenvalue weighted by Gasteiger charge is 2.32. The first-order chi connectivity index (χ1) is 9.41. The first kappa shape index (κ1) is 12.8. The van der Waals surface area contributed by atoms with Gasteiger partial charge in [0, 0.05) is 25.1 Å². The maximum absolute atomic E-state index is 13.3. The van der Waals surface area contributed by atoms with Crippen molar-refractivity contribution in [3.63, 3.8) is 0 Å². The average molecular weight is 283 g/mol. The molecular formula is C13H12F3N3O. The van der Waals surface area contributed by atoms with Crippen molar-refractivity contribution in [2.75, 3.05) is 5.73 Å². The topological polar surface area (TPSA) is 52.9 Å². The van der Waals surface area contributed by atoms with E-state index in [0.29, 0.717) is 5.69 Å². The number of hydrogen-bond acceptors (Lipinski definition) is 2. The smallest absolute Gasteiger partial charge is 0.294 e. The predicted molar refractivity (Wildman–Crippen MR) is 67.3 cm³/mol. The van der Waals surface area contributed by atoms with Crippen LogP contribution < -0.4 is 11.3 Å². The fourth-order valence-electron chi connectivity index (χ4n) is 2.44. The number of benzene rings is 1. The van der Waals surface area contributed by atoms with Gasteiger partial charge in [-0.1, -0.05) is 0 Å². The number of nitrogens with two attached hydrogens (primary N) is 1. The van der Waals surface area contributed by atoms with E-state index in [4.69, 9.17) is 5.73 Å². The summed E-state index contributed by atoms with van der Waals surface area (Å²) < 4.78 is 42.1. The molecule has 7 heteroatoms. The Morgan fingerprint density at radius 1 is 1.20 bits per heavy atom. The molecule has 0 amide bonds. The van der Waals surface area contributed by atoms with Crippen LogP contribution in [0.15, 0.2) is 16.9 Å². The summed E-state index contributed by atoms with van der Waals surface area (Å²) in [6, 6.07) is 1.55. The van der Waals surface area contributed by atoms with Gasteiger partial charge in [-0.3, -0.25) is 9.48 Å². The lowest BCUT2D eigenvalue weighted by Gasteiger charge is -2.10. The van der Waals surface area contributed by atoms with Gasteiger partial charge in [0.2, 0.25) is 0 Å². The van der Waals surface area contributed by atoms with Crippen LogP contribution >= 0.6 is 0 Å². The summed E-state index contributed by atoms with van der Waals surface area (Å²) in [7, 11) is 1.59. The summed E-state index contributed by atoms with van der Waals surface area (Å²) in [6.07, 6.45) is 1.85. The zero-order valence-electron chi connectivity index (χ0n) is 10.7. The van der Waals surface area contributed by atoms with E-state index in [0.717, 1.165) is 29.7 Å². The standard InChI is InChI=1S/C13H12F3N3O/c1-18-12(6-2-3-6)11(17)13(20)19(18)7-4-8(14)10(16)9(15)5-7/h4-6H,2-3,17H2,1H3. The van der Waals surface area contributed by atoms with Crippen LogP contribution in [0.2, 0.25) is 0 Å². The van der Waals surface area contributed by atoms with Gasteiger partial charge in [0.25, 0.3) is 5.56 Å². The summed E-state index contributed by atoms with van der Waals surface area (Å²) in [6.45, 7) is 0. The van der Waals surface area contributed by atoms with Gasteiger partial charge in [0.05, 0.1) is 11.4 Å². The zero-order valence-corrected chi connectivity index (χ0v) is 10.7. The van der Waals surface area contributed by atoms with Crippen LogP contribution in [0.25, 0.3) is 5.69 Å². The maximum atomic E-state index is 13.3. The monoisotopic (exact) mass is 283 g/mol. The molecule has 2 aromatic rings. The van der Waals surface area contributed by atoms with Gasteiger partial charge < -0.3 is 5.73 Å². The van der Waals surface area contributed by atoms with Gasteiger partial charge in [0.1, 0.15) is 5.69 Å². The van der Waals surface area contributed by atoms with Crippen LogP contribution in [0, 0.1) is 17.5 Å². The molecule has 2 N–H and O–H groups in total. The number of anilines is 1. The van der Waals surface area contributed by atoms with Gasteiger partial charge in [0.15, 0.2) is 17.5 Å². The Morgan fingerprint density at radius 3 is 2.25 bits per heavy atom. The molecule has 0 radical (unpaired) electrons. The Bertz CT molecular complexity index is 736. The number of halogens is 3. The first-order valence-corrected chi connectivity index (χ1v) is 6.14. The molecule has 3 rings (SSSR count). The van der Waals surface area contributed by atoms with E-state index in [1.807, 2.05) is 0 Å². The summed E-state index contributed by atoms with van der Waals surface area (Å²) in [5.41, 5.74) is 5.85. The second kappa shape index (κ2) is 4.16. The Kier molecular flexibility index (Phi) is 2.67. The van der Waals surface area contributed by atoms with E-state index >= 15 is 0 Å². The third-order valence-electron chi connectivity index (χ3n) is 3.52. The molecule has 1 fully saturated rings. The molecule has 20 heavy (non-hydrogen) atoms. The second-order valence-corrected chi connectivity index (χ2v) is 4.94. The fraction of sp³-hybridized carbons (Fsp3) is 0.308. The molecule has 1 aliphatic carbocycles. The highest BCUT2D eigenvalue weighted by Crippen LogP contribution is 2.42. The van der Waals surface area contributed by atoms with Crippen molar-refractivity contribution < 1.29 is 13.2 Å². The first-order valence-electron chi connectivity index (χ1n) is 6.14. The van der Waals surface area contributed by atoms with Crippen molar-refractivity contribution in [3.8, 4) is 5.69 Å². The van der Waals surface area contributed by atoms with Gasteiger partial charge >= 0.3 is 0 Å². The van der Waals surface area contributed by atoms with Crippen LogP contribution in [0.5, 0.6) is 0 Å². The summed E-state index contributed by atoms with van der Waals surface area (Å²) in [4.78, 5) is 12.1. The maximum Gasteiger partial charge on any atom is 0.294 e. The largest absolute Gasteiger partial charge is 0.393 e. The van der Waals surface area contributed by atoms with Gasteiger partial charge in [-0.25, -0.2) is 17.9 Å². The van der Waals surface area contributed by atoms with Crippen molar-refractivity contribution in [1.29, 1.82) is 0 Å². The van der Waals surface area contributed by atoms with Crippen molar-refractivity contribution in [2.45, 2.75) is 18.8 Å².